The van der Waals surface area contributed by atoms with Crippen LogP contribution in [-0.2, 0) is 4.79 Å². The van der Waals surface area contributed by atoms with E-state index in [0.29, 0.717) is 45.4 Å². The summed E-state index contributed by atoms with van der Waals surface area (Å²) in [7, 11) is 4.55. The molecule has 2 aromatic carbocycles. The van der Waals surface area contributed by atoms with Crippen molar-refractivity contribution < 1.29 is 23.8 Å². The monoisotopic (exact) mass is 462 g/mol. The number of hydrogen-bond acceptors (Lipinski definition) is 8. The van der Waals surface area contributed by atoms with Gasteiger partial charge < -0.3 is 31.0 Å². The Morgan fingerprint density at radius 3 is 2.18 bits per heavy atom. The molecule has 1 heterocycles. The molecule has 0 saturated heterocycles. The molecule has 176 valence electrons. The number of rotatable bonds is 9. The molecule has 0 spiro atoms. The van der Waals surface area contributed by atoms with Gasteiger partial charge in [-0.15, -0.1) is 0 Å². The molecule has 3 aromatic rings. The minimum atomic E-state index is -0.893. The summed E-state index contributed by atoms with van der Waals surface area (Å²) in [6.07, 6.45) is 4.51. The quantitative estimate of drug-likeness (QED) is 0.412. The number of ether oxygens (including phenoxy) is 3. The average molecular weight is 463 g/mol. The van der Waals surface area contributed by atoms with Crippen LogP contribution in [0.25, 0.3) is 6.08 Å². The first-order chi connectivity index (χ1) is 16.4. The highest BCUT2D eigenvalue weighted by Crippen LogP contribution is 2.38. The number of ketones is 1. The van der Waals surface area contributed by atoms with Gasteiger partial charge in [-0.05, 0) is 47.5 Å². The van der Waals surface area contributed by atoms with Crippen LogP contribution in [0.4, 0.5) is 11.5 Å². The van der Waals surface area contributed by atoms with Crippen molar-refractivity contribution in [2.75, 3.05) is 32.4 Å². The lowest BCUT2D eigenvalue weighted by Gasteiger charge is -2.13. The fourth-order valence-electron chi connectivity index (χ4n) is 3.22. The van der Waals surface area contributed by atoms with Gasteiger partial charge in [-0.25, -0.2) is 4.98 Å². The van der Waals surface area contributed by atoms with E-state index in [1.54, 1.807) is 54.6 Å². The van der Waals surface area contributed by atoms with Crippen molar-refractivity contribution in [2.24, 2.45) is 5.73 Å². The normalized spacial score (nSPS) is 11.6. The summed E-state index contributed by atoms with van der Waals surface area (Å²) in [6.45, 7) is 0. The highest BCUT2D eigenvalue weighted by Gasteiger charge is 2.16. The number of nitrogens with two attached hydrogens (primary N) is 2. The smallest absolute Gasteiger partial charge is 0.255 e. The number of pyridine rings is 1. The third-order valence-electron chi connectivity index (χ3n) is 5.00. The third kappa shape index (κ3) is 5.70. The van der Waals surface area contributed by atoms with Crippen molar-refractivity contribution >= 4 is 29.3 Å². The largest absolute Gasteiger partial charge is 0.493 e. The highest BCUT2D eigenvalue weighted by atomic mass is 16.5. The molecule has 3 rings (SSSR count). The SMILES string of the molecule is COc1cc(/C=C/C(=O)C(N)c2ccc(C(=O)Nc3ccnc(N)c3)cc2)cc(OC)c1OC. The highest BCUT2D eigenvalue weighted by molar-refractivity contribution is 6.04. The minimum Gasteiger partial charge on any atom is -0.493 e. The molecule has 1 unspecified atom stereocenters. The van der Waals surface area contributed by atoms with Crippen LogP contribution >= 0.6 is 0 Å². The van der Waals surface area contributed by atoms with Gasteiger partial charge in [0.05, 0.1) is 27.4 Å². The lowest BCUT2D eigenvalue weighted by Crippen LogP contribution is -2.20. The first-order valence-electron chi connectivity index (χ1n) is 10.3. The second kappa shape index (κ2) is 11.0. The number of anilines is 2. The van der Waals surface area contributed by atoms with E-state index in [1.807, 2.05) is 0 Å². The summed E-state index contributed by atoms with van der Waals surface area (Å²) < 4.78 is 16.0. The number of benzene rings is 2. The standard InChI is InChI=1S/C25H26N4O5/c1-32-20-12-15(13-21(33-2)24(20)34-3)4-9-19(30)23(27)16-5-7-17(8-6-16)25(31)29-18-10-11-28-22(26)14-18/h4-14,23H,27H2,1-3H3,(H3,26,28,29,31)/b9-4+. The Labute approximate surface area is 197 Å². The fraction of sp³-hybridized carbons (Fsp3) is 0.160. The summed E-state index contributed by atoms with van der Waals surface area (Å²) >= 11 is 0. The predicted molar refractivity (Wildman–Crippen MR) is 130 cm³/mol. The molecule has 1 amide bonds. The van der Waals surface area contributed by atoms with Gasteiger partial charge in [-0.1, -0.05) is 18.2 Å². The number of hydrogen-bond donors (Lipinski definition) is 3. The Morgan fingerprint density at radius 2 is 1.62 bits per heavy atom. The average Bonchev–Trinajstić information content (AvgIpc) is 2.86. The zero-order valence-electron chi connectivity index (χ0n) is 19.1. The second-order valence-electron chi connectivity index (χ2n) is 7.22. The van der Waals surface area contributed by atoms with Gasteiger partial charge in [0.2, 0.25) is 5.75 Å². The van der Waals surface area contributed by atoms with Gasteiger partial charge in [-0.3, -0.25) is 9.59 Å². The molecule has 0 aliphatic carbocycles. The maximum atomic E-state index is 12.6. The van der Waals surface area contributed by atoms with E-state index in [1.165, 1.54) is 33.6 Å². The van der Waals surface area contributed by atoms with Crippen LogP contribution in [0.3, 0.4) is 0 Å². The molecule has 9 heteroatoms. The summed E-state index contributed by atoms with van der Waals surface area (Å²) in [5.74, 6) is 1.08. The molecule has 0 saturated carbocycles. The molecule has 1 atom stereocenters. The van der Waals surface area contributed by atoms with Gasteiger partial charge in [0.1, 0.15) is 5.82 Å². The van der Waals surface area contributed by atoms with Gasteiger partial charge in [0.25, 0.3) is 5.91 Å². The van der Waals surface area contributed by atoms with Crippen LogP contribution in [-0.4, -0.2) is 38.0 Å². The zero-order chi connectivity index (χ0) is 24.7. The van der Waals surface area contributed by atoms with Crippen LogP contribution in [0.15, 0.2) is 60.8 Å². The van der Waals surface area contributed by atoms with E-state index in [2.05, 4.69) is 10.3 Å². The fourth-order valence-corrected chi connectivity index (χ4v) is 3.22. The first-order valence-corrected chi connectivity index (χ1v) is 10.3. The van der Waals surface area contributed by atoms with E-state index in [9.17, 15) is 9.59 Å². The molecule has 9 nitrogen and oxygen atoms in total. The van der Waals surface area contributed by atoms with Crippen LogP contribution < -0.4 is 31.0 Å². The van der Waals surface area contributed by atoms with Crippen molar-refractivity contribution in [1.82, 2.24) is 4.98 Å². The Hall–Kier alpha value is -4.37. The van der Waals surface area contributed by atoms with E-state index >= 15 is 0 Å². The molecular weight excluding hydrogens is 436 g/mol. The molecule has 0 aliphatic heterocycles. The lowest BCUT2D eigenvalue weighted by atomic mass is 10.0. The van der Waals surface area contributed by atoms with E-state index < -0.39 is 6.04 Å². The van der Waals surface area contributed by atoms with Crippen LogP contribution in [0.2, 0.25) is 0 Å². The molecule has 1 aromatic heterocycles. The Kier molecular flexibility index (Phi) is 7.83. The summed E-state index contributed by atoms with van der Waals surface area (Å²) in [5, 5.41) is 2.74. The number of nitrogens with one attached hydrogen (secondary N) is 1. The van der Waals surface area contributed by atoms with Crippen LogP contribution in [0, 0.1) is 0 Å². The molecular formula is C25H26N4O5. The summed E-state index contributed by atoms with van der Waals surface area (Å²) in [5.41, 5.74) is 14.0. The maximum absolute atomic E-state index is 12.6. The van der Waals surface area contributed by atoms with Gasteiger partial charge >= 0.3 is 0 Å². The van der Waals surface area contributed by atoms with Crippen molar-refractivity contribution in [2.45, 2.75) is 6.04 Å². The van der Waals surface area contributed by atoms with Crippen molar-refractivity contribution in [3.63, 3.8) is 0 Å². The number of nitrogen functional groups attached to an aromatic ring is 1. The number of amides is 1. The molecule has 0 bridgehead atoms. The van der Waals surface area contributed by atoms with Crippen molar-refractivity contribution in [3.8, 4) is 17.2 Å². The van der Waals surface area contributed by atoms with Crippen LogP contribution in [0.5, 0.6) is 17.2 Å². The van der Waals surface area contributed by atoms with Crippen molar-refractivity contribution in [3.05, 3.63) is 77.5 Å². The first kappa shape index (κ1) is 24.3. The number of carbonyl (C=O) groups is 2. The Balaban J connectivity index is 1.70. The Bertz CT molecular complexity index is 1180. The van der Waals surface area contributed by atoms with Gasteiger partial charge in [0.15, 0.2) is 17.3 Å². The van der Waals surface area contributed by atoms with Crippen LogP contribution in [0.1, 0.15) is 27.5 Å². The molecule has 0 fully saturated rings. The molecule has 0 aliphatic rings. The van der Waals surface area contributed by atoms with Crippen molar-refractivity contribution in [1.29, 1.82) is 0 Å². The summed E-state index contributed by atoms with van der Waals surface area (Å²) in [4.78, 5) is 29.0. The zero-order valence-corrected chi connectivity index (χ0v) is 19.1. The number of nitrogens with zero attached hydrogens (tertiary/aromatic N) is 1. The van der Waals surface area contributed by atoms with E-state index in [-0.39, 0.29) is 11.7 Å². The maximum Gasteiger partial charge on any atom is 0.255 e. The molecule has 5 N–H and O–H groups in total. The number of carbonyl (C=O) groups excluding carboxylic acids is 2. The third-order valence-corrected chi connectivity index (χ3v) is 5.00. The van der Waals surface area contributed by atoms with Gasteiger partial charge in [-0.2, -0.15) is 0 Å². The Morgan fingerprint density at radius 1 is 0.971 bits per heavy atom. The minimum absolute atomic E-state index is 0.303. The molecule has 0 radical (unpaired) electrons. The number of aromatic nitrogens is 1. The topological polar surface area (TPSA) is 139 Å². The number of methoxy groups -OCH3 is 3. The molecule has 34 heavy (non-hydrogen) atoms. The second-order valence-corrected chi connectivity index (χ2v) is 7.22. The van der Waals surface area contributed by atoms with E-state index in [0.717, 1.165) is 0 Å². The van der Waals surface area contributed by atoms with Gasteiger partial charge in [0, 0.05) is 23.5 Å². The lowest BCUT2D eigenvalue weighted by molar-refractivity contribution is -0.115. The predicted octanol–water partition coefficient (Wildman–Crippen LogP) is 3.22. The summed E-state index contributed by atoms with van der Waals surface area (Å²) in [6, 6.07) is 12.2. The van der Waals surface area contributed by atoms with E-state index in [4.69, 9.17) is 25.7 Å².